The van der Waals surface area contributed by atoms with Gasteiger partial charge in [-0.1, -0.05) is 48.0 Å². The molecule has 0 radical (unpaired) electrons. The number of hydrogen-bond acceptors (Lipinski definition) is 5. The molecule has 1 unspecified atom stereocenters. The summed E-state index contributed by atoms with van der Waals surface area (Å²) in [5.41, 5.74) is 3.24. The summed E-state index contributed by atoms with van der Waals surface area (Å²) in [7, 11) is 0. The molecule has 4 rings (SSSR count). The fourth-order valence-electron chi connectivity index (χ4n) is 2.81. The van der Waals surface area contributed by atoms with Gasteiger partial charge in [0.1, 0.15) is 11.1 Å². The summed E-state index contributed by atoms with van der Waals surface area (Å²) in [6, 6.07) is 22.7. The molecular formula is C23H18FN3O2S. The van der Waals surface area contributed by atoms with E-state index in [1.807, 2.05) is 61.5 Å². The number of rotatable bonds is 6. The van der Waals surface area contributed by atoms with Crippen LogP contribution in [0.25, 0.3) is 11.5 Å². The minimum Gasteiger partial charge on any atom is -0.411 e. The lowest BCUT2D eigenvalue weighted by molar-refractivity contribution is -0.115. The molecule has 0 fully saturated rings. The monoisotopic (exact) mass is 419 g/mol. The minimum absolute atomic E-state index is 0.270. The normalized spacial score (nSPS) is 11.8. The fourth-order valence-corrected chi connectivity index (χ4v) is 3.69. The lowest BCUT2D eigenvalue weighted by Gasteiger charge is -2.15. The molecule has 0 bridgehead atoms. The maximum Gasteiger partial charge on any atom is 0.277 e. The molecule has 5 nitrogen and oxygen atoms in total. The van der Waals surface area contributed by atoms with E-state index in [0.29, 0.717) is 11.6 Å². The lowest BCUT2D eigenvalue weighted by Crippen LogP contribution is -2.19. The Labute approximate surface area is 177 Å². The standard InChI is InChI=1S/C23H18FN3O2S/c1-15-7-9-17(10-8-15)22-26-27-23(29-22)30-20(16-5-3-2-4-6-16)21(28)25-19-13-11-18(24)12-14-19/h2-14,20H,1H3,(H,25,28). The topological polar surface area (TPSA) is 68.0 Å². The van der Waals surface area contributed by atoms with E-state index in [0.717, 1.165) is 28.5 Å². The Hall–Kier alpha value is -3.45. The van der Waals surface area contributed by atoms with E-state index in [2.05, 4.69) is 15.5 Å². The highest BCUT2D eigenvalue weighted by Gasteiger charge is 2.25. The van der Waals surface area contributed by atoms with Gasteiger partial charge in [-0.25, -0.2) is 4.39 Å². The highest BCUT2D eigenvalue weighted by Crippen LogP contribution is 2.36. The van der Waals surface area contributed by atoms with Gasteiger partial charge in [-0.3, -0.25) is 4.79 Å². The number of aryl methyl sites for hydroxylation is 1. The first-order valence-electron chi connectivity index (χ1n) is 9.27. The Morgan fingerprint density at radius 3 is 2.37 bits per heavy atom. The third-order valence-corrected chi connectivity index (χ3v) is 5.46. The van der Waals surface area contributed by atoms with Crippen LogP contribution in [0, 0.1) is 12.7 Å². The highest BCUT2D eigenvalue weighted by atomic mass is 32.2. The van der Waals surface area contributed by atoms with Crippen LogP contribution >= 0.6 is 11.8 Å². The average molecular weight is 419 g/mol. The maximum absolute atomic E-state index is 13.2. The minimum atomic E-state index is -0.623. The van der Waals surface area contributed by atoms with Gasteiger partial charge in [-0.05, 0) is 60.6 Å². The molecule has 30 heavy (non-hydrogen) atoms. The predicted octanol–water partition coefficient (Wildman–Crippen LogP) is 5.66. The summed E-state index contributed by atoms with van der Waals surface area (Å²) in [5.74, 6) is -0.243. The van der Waals surface area contributed by atoms with E-state index in [1.165, 1.54) is 24.3 Å². The fraction of sp³-hybridized carbons (Fsp3) is 0.0870. The number of carbonyl (C=O) groups is 1. The molecule has 1 amide bonds. The number of aromatic nitrogens is 2. The van der Waals surface area contributed by atoms with Crippen molar-refractivity contribution in [1.82, 2.24) is 10.2 Å². The molecule has 1 heterocycles. The molecule has 0 aliphatic rings. The summed E-state index contributed by atoms with van der Waals surface area (Å²) in [4.78, 5) is 13.0. The zero-order valence-electron chi connectivity index (χ0n) is 16.1. The summed E-state index contributed by atoms with van der Waals surface area (Å²) >= 11 is 1.16. The first-order valence-corrected chi connectivity index (χ1v) is 10.1. The van der Waals surface area contributed by atoms with Crippen LogP contribution in [0.15, 0.2) is 88.5 Å². The second kappa shape index (κ2) is 8.92. The molecule has 3 aromatic carbocycles. The van der Waals surface area contributed by atoms with Crippen molar-refractivity contribution >= 4 is 23.4 Å². The first kappa shape index (κ1) is 19.8. The Morgan fingerprint density at radius 2 is 1.67 bits per heavy atom. The number of carbonyl (C=O) groups excluding carboxylic acids is 1. The van der Waals surface area contributed by atoms with Crippen molar-refractivity contribution in [2.24, 2.45) is 0 Å². The van der Waals surface area contributed by atoms with E-state index in [9.17, 15) is 9.18 Å². The zero-order valence-corrected chi connectivity index (χ0v) is 16.9. The number of hydrogen-bond donors (Lipinski definition) is 1. The molecule has 0 spiro atoms. The van der Waals surface area contributed by atoms with Crippen LogP contribution in [0.4, 0.5) is 10.1 Å². The van der Waals surface area contributed by atoms with Gasteiger partial charge < -0.3 is 9.73 Å². The Bertz CT molecular complexity index is 1130. The van der Waals surface area contributed by atoms with Gasteiger partial charge in [0.25, 0.3) is 5.22 Å². The third kappa shape index (κ3) is 4.75. The van der Waals surface area contributed by atoms with Gasteiger partial charge in [-0.2, -0.15) is 0 Å². The lowest BCUT2D eigenvalue weighted by atomic mass is 10.1. The third-order valence-electron chi connectivity index (χ3n) is 4.38. The van der Waals surface area contributed by atoms with Gasteiger partial charge in [0, 0.05) is 11.3 Å². The largest absolute Gasteiger partial charge is 0.411 e. The van der Waals surface area contributed by atoms with Crippen LogP contribution < -0.4 is 5.32 Å². The van der Waals surface area contributed by atoms with Crippen LogP contribution in [-0.2, 0) is 4.79 Å². The van der Waals surface area contributed by atoms with Gasteiger partial charge in [0.2, 0.25) is 11.8 Å². The van der Waals surface area contributed by atoms with Crippen molar-refractivity contribution in [2.45, 2.75) is 17.4 Å². The van der Waals surface area contributed by atoms with Gasteiger partial charge in [-0.15, -0.1) is 10.2 Å². The molecule has 0 aliphatic heterocycles. The quantitative estimate of drug-likeness (QED) is 0.409. The van der Waals surface area contributed by atoms with Crippen LogP contribution in [0.1, 0.15) is 16.4 Å². The van der Waals surface area contributed by atoms with Crippen molar-refractivity contribution in [1.29, 1.82) is 0 Å². The Kier molecular flexibility index (Phi) is 5.90. The summed E-state index contributed by atoms with van der Waals surface area (Å²) < 4.78 is 18.9. The Morgan fingerprint density at radius 1 is 0.967 bits per heavy atom. The maximum atomic E-state index is 13.2. The highest BCUT2D eigenvalue weighted by molar-refractivity contribution is 8.00. The van der Waals surface area contributed by atoms with E-state index in [4.69, 9.17) is 4.42 Å². The van der Waals surface area contributed by atoms with Crippen molar-refractivity contribution in [3.05, 3.63) is 95.8 Å². The smallest absolute Gasteiger partial charge is 0.277 e. The van der Waals surface area contributed by atoms with E-state index < -0.39 is 5.25 Å². The number of anilines is 1. The van der Waals surface area contributed by atoms with E-state index in [-0.39, 0.29) is 16.9 Å². The number of thioether (sulfide) groups is 1. The molecule has 4 aromatic rings. The van der Waals surface area contributed by atoms with E-state index in [1.54, 1.807) is 0 Å². The second-order valence-corrected chi connectivity index (χ2v) is 7.70. The average Bonchev–Trinajstić information content (AvgIpc) is 3.23. The van der Waals surface area contributed by atoms with Crippen molar-refractivity contribution < 1.29 is 13.6 Å². The van der Waals surface area contributed by atoms with Crippen LogP contribution in [0.5, 0.6) is 0 Å². The summed E-state index contributed by atoms with van der Waals surface area (Å²) in [6.07, 6.45) is 0. The molecule has 1 atom stereocenters. The summed E-state index contributed by atoms with van der Waals surface area (Å²) in [5, 5.41) is 10.7. The van der Waals surface area contributed by atoms with Gasteiger partial charge >= 0.3 is 0 Å². The van der Waals surface area contributed by atoms with Gasteiger partial charge in [0.15, 0.2) is 0 Å². The molecule has 0 aliphatic carbocycles. The van der Waals surface area contributed by atoms with Gasteiger partial charge in [0.05, 0.1) is 0 Å². The van der Waals surface area contributed by atoms with Crippen LogP contribution in [0.2, 0.25) is 0 Å². The number of nitrogens with zero attached hydrogens (tertiary/aromatic N) is 2. The molecule has 0 saturated heterocycles. The zero-order chi connectivity index (χ0) is 20.9. The number of nitrogens with one attached hydrogen (secondary N) is 1. The molecular weight excluding hydrogens is 401 g/mol. The molecule has 0 saturated carbocycles. The van der Waals surface area contributed by atoms with Crippen molar-refractivity contribution in [3.8, 4) is 11.5 Å². The molecule has 1 aromatic heterocycles. The number of amides is 1. The molecule has 150 valence electrons. The first-order chi connectivity index (χ1) is 14.6. The van der Waals surface area contributed by atoms with E-state index >= 15 is 0 Å². The van der Waals surface area contributed by atoms with Crippen LogP contribution in [0.3, 0.4) is 0 Å². The van der Waals surface area contributed by atoms with Crippen LogP contribution in [-0.4, -0.2) is 16.1 Å². The number of benzene rings is 3. The van der Waals surface area contributed by atoms with Crippen molar-refractivity contribution in [2.75, 3.05) is 5.32 Å². The SMILES string of the molecule is Cc1ccc(-c2nnc(SC(C(=O)Nc3ccc(F)cc3)c3ccccc3)o2)cc1. The molecule has 7 heteroatoms. The molecule has 1 N–H and O–H groups in total. The number of halogens is 1. The predicted molar refractivity (Wildman–Crippen MR) is 115 cm³/mol. The van der Waals surface area contributed by atoms with Crippen molar-refractivity contribution in [3.63, 3.8) is 0 Å². The summed E-state index contributed by atoms with van der Waals surface area (Å²) in [6.45, 7) is 2.00. The Balaban J connectivity index is 1.57. The second-order valence-electron chi connectivity index (χ2n) is 6.64.